The molecule has 0 bridgehead atoms. The van der Waals surface area contributed by atoms with Gasteiger partial charge in [0.05, 0.1) is 11.4 Å². The van der Waals surface area contributed by atoms with Crippen LogP contribution in [0.3, 0.4) is 0 Å². The minimum absolute atomic E-state index is 0.918. The predicted octanol–water partition coefficient (Wildman–Crippen LogP) is 3.87. The third kappa shape index (κ3) is 1.27. The molecule has 0 atom stereocenters. The molecule has 1 aliphatic heterocycles. The van der Waals surface area contributed by atoms with Crippen molar-refractivity contribution in [3.8, 4) is 11.5 Å². The fraction of sp³-hybridized carbons (Fsp3) is 0.143. The summed E-state index contributed by atoms with van der Waals surface area (Å²) in [5.74, 6) is 1.84. The van der Waals surface area contributed by atoms with Crippen LogP contribution in [0.25, 0.3) is 0 Å². The Morgan fingerprint density at radius 2 is 1.69 bits per heavy atom. The number of aryl methyl sites for hydroxylation is 1. The summed E-state index contributed by atoms with van der Waals surface area (Å²) < 4.78 is 5.86. The van der Waals surface area contributed by atoms with Crippen molar-refractivity contribution in [2.75, 3.05) is 11.9 Å². The second-order valence-corrected chi connectivity index (χ2v) is 4.10. The second kappa shape index (κ2) is 3.27. The third-order valence-corrected chi connectivity index (χ3v) is 2.92. The maximum Gasteiger partial charge on any atom is 0.151 e. The molecule has 0 saturated carbocycles. The fourth-order valence-electron chi connectivity index (χ4n) is 2.04. The van der Waals surface area contributed by atoms with Gasteiger partial charge in [-0.15, -0.1) is 0 Å². The van der Waals surface area contributed by atoms with E-state index in [0.29, 0.717) is 0 Å². The maximum atomic E-state index is 5.86. The first-order chi connectivity index (χ1) is 7.75. The summed E-state index contributed by atoms with van der Waals surface area (Å²) >= 11 is 0. The zero-order chi connectivity index (χ0) is 11.1. The smallest absolute Gasteiger partial charge is 0.151 e. The van der Waals surface area contributed by atoms with Crippen LogP contribution in [0.2, 0.25) is 0 Å². The summed E-state index contributed by atoms with van der Waals surface area (Å²) in [6, 6.07) is 14.3. The van der Waals surface area contributed by atoms with Crippen molar-refractivity contribution in [3.63, 3.8) is 0 Å². The van der Waals surface area contributed by atoms with Crippen LogP contribution < -0.4 is 9.64 Å². The van der Waals surface area contributed by atoms with Crippen molar-refractivity contribution in [1.29, 1.82) is 0 Å². The average molecular weight is 211 g/mol. The third-order valence-electron chi connectivity index (χ3n) is 2.92. The molecule has 0 saturated heterocycles. The minimum atomic E-state index is 0.918. The molecule has 2 heteroatoms. The largest absolute Gasteiger partial charge is 0.453 e. The molecular weight excluding hydrogens is 198 g/mol. The first-order valence-electron chi connectivity index (χ1n) is 5.37. The molecule has 80 valence electrons. The quantitative estimate of drug-likeness (QED) is 0.656. The Morgan fingerprint density at radius 1 is 0.938 bits per heavy atom. The molecule has 3 rings (SSSR count). The van der Waals surface area contributed by atoms with Crippen LogP contribution in [0.5, 0.6) is 11.5 Å². The summed E-state index contributed by atoms with van der Waals surface area (Å²) in [6.07, 6.45) is 0. The highest BCUT2D eigenvalue weighted by atomic mass is 16.5. The molecule has 2 nitrogen and oxygen atoms in total. The van der Waals surface area contributed by atoms with Crippen molar-refractivity contribution < 1.29 is 4.74 Å². The Labute approximate surface area is 95.1 Å². The lowest BCUT2D eigenvalue weighted by atomic mass is 10.1. The maximum absolute atomic E-state index is 5.86. The summed E-state index contributed by atoms with van der Waals surface area (Å²) in [5, 5.41) is 0. The summed E-state index contributed by atoms with van der Waals surface area (Å²) in [7, 11) is 2.07. The highest BCUT2D eigenvalue weighted by Gasteiger charge is 2.20. The van der Waals surface area contributed by atoms with Gasteiger partial charge in [-0.1, -0.05) is 18.2 Å². The van der Waals surface area contributed by atoms with Crippen molar-refractivity contribution in [2.24, 2.45) is 0 Å². The molecule has 0 amide bonds. The van der Waals surface area contributed by atoms with Crippen LogP contribution in [0.4, 0.5) is 11.4 Å². The predicted molar refractivity (Wildman–Crippen MR) is 65.8 cm³/mol. The van der Waals surface area contributed by atoms with E-state index in [0.717, 1.165) is 22.9 Å². The highest BCUT2D eigenvalue weighted by Crippen LogP contribution is 2.45. The van der Waals surface area contributed by atoms with Crippen LogP contribution in [0, 0.1) is 6.92 Å². The van der Waals surface area contributed by atoms with Crippen molar-refractivity contribution in [2.45, 2.75) is 6.92 Å². The van der Waals surface area contributed by atoms with Gasteiger partial charge in [-0.05, 0) is 36.8 Å². The van der Waals surface area contributed by atoms with E-state index < -0.39 is 0 Å². The number of fused-ring (bicyclic) bond motifs is 2. The van der Waals surface area contributed by atoms with Crippen molar-refractivity contribution >= 4 is 11.4 Å². The normalized spacial score (nSPS) is 12.8. The van der Waals surface area contributed by atoms with E-state index >= 15 is 0 Å². The SMILES string of the molecule is Cc1ccc2c(c1)N(C)c1ccccc1O2. The van der Waals surface area contributed by atoms with E-state index in [9.17, 15) is 0 Å². The molecule has 0 spiro atoms. The Hall–Kier alpha value is -1.96. The van der Waals surface area contributed by atoms with Crippen molar-refractivity contribution in [1.82, 2.24) is 0 Å². The molecule has 2 aromatic rings. The molecule has 2 aromatic carbocycles. The van der Waals surface area contributed by atoms with E-state index in [1.807, 2.05) is 24.3 Å². The Kier molecular flexibility index (Phi) is 1.90. The second-order valence-electron chi connectivity index (χ2n) is 4.10. The monoisotopic (exact) mass is 211 g/mol. The van der Waals surface area contributed by atoms with Gasteiger partial charge in [-0.2, -0.15) is 0 Å². The number of benzene rings is 2. The number of nitrogens with zero attached hydrogens (tertiary/aromatic N) is 1. The van der Waals surface area contributed by atoms with E-state index in [1.165, 1.54) is 5.56 Å². The van der Waals surface area contributed by atoms with Crippen LogP contribution in [0.15, 0.2) is 42.5 Å². The van der Waals surface area contributed by atoms with Gasteiger partial charge in [0.1, 0.15) is 0 Å². The zero-order valence-electron chi connectivity index (χ0n) is 9.40. The Balaban J connectivity index is 2.19. The molecule has 16 heavy (non-hydrogen) atoms. The number of para-hydroxylation sites is 2. The number of anilines is 2. The minimum Gasteiger partial charge on any atom is -0.453 e. The lowest BCUT2D eigenvalue weighted by Gasteiger charge is -2.29. The first-order valence-corrected chi connectivity index (χ1v) is 5.37. The van der Waals surface area contributed by atoms with Crippen LogP contribution in [-0.2, 0) is 0 Å². The van der Waals surface area contributed by atoms with Gasteiger partial charge >= 0.3 is 0 Å². The van der Waals surface area contributed by atoms with Gasteiger partial charge < -0.3 is 9.64 Å². The van der Waals surface area contributed by atoms with Crippen molar-refractivity contribution in [3.05, 3.63) is 48.0 Å². The highest BCUT2D eigenvalue weighted by molar-refractivity contribution is 5.77. The van der Waals surface area contributed by atoms with Crippen LogP contribution >= 0.6 is 0 Å². The van der Waals surface area contributed by atoms with Gasteiger partial charge in [0.15, 0.2) is 11.5 Å². The van der Waals surface area contributed by atoms with Gasteiger partial charge in [0.25, 0.3) is 0 Å². The van der Waals surface area contributed by atoms with Gasteiger partial charge in [-0.25, -0.2) is 0 Å². The Morgan fingerprint density at radius 3 is 2.56 bits per heavy atom. The van der Waals surface area contributed by atoms with E-state index in [1.54, 1.807) is 0 Å². The summed E-state index contributed by atoms with van der Waals surface area (Å²) in [5.41, 5.74) is 3.48. The standard InChI is InChI=1S/C14H13NO/c1-10-7-8-14-12(9-10)15(2)11-5-3-4-6-13(11)16-14/h3-9H,1-2H3. The Bertz CT molecular complexity index is 548. The number of rotatable bonds is 0. The first kappa shape index (κ1) is 9.28. The lowest BCUT2D eigenvalue weighted by Crippen LogP contribution is -2.15. The number of hydrogen-bond acceptors (Lipinski definition) is 2. The molecule has 0 unspecified atom stereocenters. The summed E-state index contributed by atoms with van der Waals surface area (Å²) in [4.78, 5) is 2.17. The molecule has 1 heterocycles. The van der Waals surface area contributed by atoms with Crippen LogP contribution in [-0.4, -0.2) is 7.05 Å². The lowest BCUT2D eigenvalue weighted by molar-refractivity contribution is 0.475. The zero-order valence-corrected chi connectivity index (χ0v) is 9.40. The molecule has 0 radical (unpaired) electrons. The van der Waals surface area contributed by atoms with E-state index in [-0.39, 0.29) is 0 Å². The molecular formula is C14H13NO. The van der Waals surface area contributed by atoms with Crippen LogP contribution in [0.1, 0.15) is 5.56 Å². The molecule has 0 N–H and O–H groups in total. The molecule has 0 aromatic heterocycles. The van der Waals surface area contributed by atoms with Gasteiger partial charge in [-0.3, -0.25) is 0 Å². The van der Waals surface area contributed by atoms with E-state index in [2.05, 4.69) is 37.1 Å². The number of hydrogen-bond donors (Lipinski definition) is 0. The average Bonchev–Trinajstić information content (AvgIpc) is 2.31. The molecule has 1 aliphatic rings. The molecule has 0 fully saturated rings. The topological polar surface area (TPSA) is 12.5 Å². The van der Waals surface area contributed by atoms with Gasteiger partial charge in [0.2, 0.25) is 0 Å². The fourth-order valence-corrected chi connectivity index (χ4v) is 2.04. The van der Waals surface area contributed by atoms with Gasteiger partial charge in [0, 0.05) is 7.05 Å². The summed E-state index contributed by atoms with van der Waals surface area (Å²) in [6.45, 7) is 2.09. The number of ether oxygens (including phenoxy) is 1. The van der Waals surface area contributed by atoms with E-state index in [4.69, 9.17) is 4.74 Å². The molecule has 0 aliphatic carbocycles.